The van der Waals surface area contributed by atoms with Crippen LogP contribution in [0.5, 0.6) is 0 Å². The Morgan fingerprint density at radius 2 is 1.76 bits per heavy atom. The number of hydrogen-bond acceptors (Lipinski definition) is 3. The van der Waals surface area contributed by atoms with E-state index in [2.05, 4.69) is 34.5 Å². The molecule has 2 aliphatic rings. The van der Waals surface area contributed by atoms with Crippen LogP contribution >= 0.6 is 0 Å². The summed E-state index contributed by atoms with van der Waals surface area (Å²) in [7, 11) is 0. The van der Waals surface area contributed by atoms with Crippen LogP contribution in [0.25, 0.3) is 10.8 Å². The summed E-state index contributed by atoms with van der Waals surface area (Å²) in [6.07, 6.45) is 9.88. The maximum absolute atomic E-state index is 4.71. The molecule has 110 valence electrons. The number of benzene rings is 1. The van der Waals surface area contributed by atoms with Crippen LogP contribution in [0.4, 0.5) is 11.5 Å². The summed E-state index contributed by atoms with van der Waals surface area (Å²) in [6.45, 7) is 2.29. The highest BCUT2D eigenvalue weighted by molar-refractivity contribution is 6.00. The number of rotatable bonds is 3. The first kappa shape index (κ1) is 12.9. The number of nitrogens with zero attached hydrogens (tertiary/aromatic N) is 2. The second-order valence-corrected chi connectivity index (χ2v) is 6.36. The van der Waals surface area contributed by atoms with Crippen molar-refractivity contribution in [2.24, 2.45) is 0 Å². The smallest absolute Gasteiger partial charge is 0.136 e. The van der Waals surface area contributed by atoms with E-state index in [0.29, 0.717) is 6.04 Å². The van der Waals surface area contributed by atoms with Gasteiger partial charge in [-0.2, -0.15) is 0 Å². The molecule has 1 N–H and O–H groups in total. The van der Waals surface area contributed by atoms with Crippen LogP contribution in [-0.2, 0) is 0 Å². The van der Waals surface area contributed by atoms with Gasteiger partial charge in [-0.15, -0.1) is 0 Å². The molecule has 2 heterocycles. The summed E-state index contributed by atoms with van der Waals surface area (Å²) >= 11 is 0. The van der Waals surface area contributed by atoms with Crippen LogP contribution in [0.3, 0.4) is 0 Å². The van der Waals surface area contributed by atoms with Crippen molar-refractivity contribution < 1.29 is 0 Å². The van der Waals surface area contributed by atoms with Crippen molar-refractivity contribution in [2.45, 2.75) is 44.6 Å². The Morgan fingerprint density at radius 3 is 2.52 bits per heavy atom. The number of pyridine rings is 1. The topological polar surface area (TPSA) is 28.2 Å². The number of nitrogens with one attached hydrogen (secondary N) is 1. The van der Waals surface area contributed by atoms with Crippen LogP contribution in [-0.4, -0.2) is 24.1 Å². The molecular formula is C18H23N3. The molecule has 1 aromatic heterocycles. The Bertz CT molecular complexity index is 625. The fourth-order valence-electron chi connectivity index (χ4n) is 3.30. The average Bonchev–Trinajstić information content (AvgIpc) is 3.33. The molecule has 2 fully saturated rings. The zero-order valence-corrected chi connectivity index (χ0v) is 12.5. The van der Waals surface area contributed by atoms with E-state index >= 15 is 0 Å². The lowest BCUT2D eigenvalue weighted by atomic mass is 10.1. The van der Waals surface area contributed by atoms with Crippen LogP contribution in [0.2, 0.25) is 0 Å². The molecule has 3 heteroatoms. The van der Waals surface area contributed by atoms with Crippen molar-refractivity contribution >= 4 is 22.3 Å². The fraction of sp³-hybridized carbons (Fsp3) is 0.500. The molecule has 1 aliphatic carbocycles. The summed E-state index contributed by atoms with van der Waals surface area (Å²) in [6, 6.07) is 9.43. The molecule has 0 unspecified atom stereocenters. The zero-order valence-electron chi connectivity index (χ0n) is 12.5. The van der Waals surface area contributed by atoms with Gasteiger partial charge in [-0.3, -0.25) is 0 Å². The highest BCUT2D eigenvalue weighted by atomic mass is 15.2. The maximum atomic E-state index is 4.71. The van der Waals surface area contributed by atoms with Crippen LogP contribution in [0.15, 0.2) is 30.5 Å². The normalized spacial score (nSPS) is 19.5. The van der Waals surface area contributed by atoms with Gasteiger partial charge in [-0.1, -0.05) is 25.0 Å². The molecule has 0 amide bonds. The molecule has 0 radical (unpaired) electrons. The molecule has 21 heavy (non-hydrogen) atoms. The molecule has 1 saturated carbocycles. The van der Waals surface area contributed by atoms with Gasteiger partial charge in [0, 0.05) is 41.8 Å². The van der Waals surface area contributed by atoms with Crippen LogP contribution < -0.4 is 10.2 Å². The number of anilines is 2. The molecule has 2 aromatic rings. The van der Waals surface area contributed by atoms with E-state index in [4.69, 9.17) is 4.98 Å². The summed E-state index contributed by atoms with van der Waals surface area (Å²) in [4.78, 5) is 7.19. The Labute approximate surface area is 126 Å². The Hall–Kier alpha value is -1.77. The van der Waals surface area contributed by atoms with E-state index in [1.807, 2.05) is 6.20 Å². The molecule has 0 spiro atoms. The first-order chi connectivity index (χ1) is 10.4. The summed E-state index contributed by atoms with van der Waals surface area (Å²) < 4.78 is 0. The largest absolute Gasteiger partial charge is 0.382 e. The van der Waals surface area contributed by atoms with Crippen molar-refractivity contribution in [2.75, 3.05) is 23.3 Å². The van der Waals surface area contributed by atoms with Gasteiger partial charge in [0.15, 0.2) is 0 Å². The van der Waals surface area contributed by atoms with Crippen LogP contribution in [0.1, 0.15) is 38.5 Å². The Morgan fingerprint density at radius 1 is 0.952 bits per heavy atom. The van der Waals surface area contributed by atoms with Crippen molar-refractivity contribution in [3.63, 3.8) is 0 Å². The Balaban J connectivity index is 1.74. The van der Waals surface area contributed by atoms with E-state index in [9.17, 15) is 0 Å². The first-order valence-corrected chi connectivity index (χ1v) is 8.31. The lowest BCUT2D eigenvalue weighted by Gasteiger charge is -2.23. The van der Waals surface area contributed by atoms with E-state index in [1.165, 1.54) is 60.8 Å². The zero-order chi connectivity index (χ0) is 14.1. The highest BCUT2D eigenvalue weighted by Gasteiger charge is 2.22. The fourth-order valence-corrected chi connectivity index (χ4v) is 3.30. The number of fused-ring (bicyclic) bond motifs is 1. The predicted molar refractivity (Wildman–Crippen MR) is 89.1 cm³/mol. The number of aromatic nitrogens is 1. The maximum Gasteiger partial charge on any atom is 0.136 e. The second-order valence-electron chi connectivity index (χ2n) is 6.36. The van der Waals surface area contributed by atoms with Crippen LogP contribution in [0, 0.1) is 0 Å². The lowest BCUT2D eigenvalue weighted by molar-refractivity contribution is 0.726. The van der Waals surface area contributed by atoms with Gasteiger partial charge in [0.1, 0.15) is 5.82 Å². The second kappa shape index (κ2) is 5.55. The molecule has 1 saturated heterocycles. The monoisotopic (exact) mass is 281 g/mol. The number of hydrogen-bond donors (Lipinski definition) is 1. The molecule has 0 atom stereocenters. The van der Waals surface area contributed by atoms with Gasteiger partial charge in [0.25, 0.3) is 0 Å². The highest BCUT2D eigenvalue weighted by Crippen LogP contribution is 2.33. The van der Waals surface area contributed by atoms with E-state index in [-0.39, 0.29) is 0 Å². The quantitative estimate of drug-likeness (QED) is 0.914. The summed E-state index contributed by atoms with van der Waals surface area (Å²) in [5, 5.41) is 6.27. The van der Waals surface area contributed by atoms with Crippen molar-refractivity contribution in [1.82, 2.24) is 4.98 Å². The van der Waals surface area contributed by atoms with Gasteiger partial charge in [-0.25, -0.2) is 4.98 Å². The molecule has 0 bridgehead atoms. The first-order valence-electron chi connectivity index (χ1n) is 8.31. The van der Waals surface area contributed by atoms with Crippen molar-refractivity contribution in [3.8, 4) is 0 Å². The molecule has 4 rings (SSSR count). The van der Waals surface area contributed by atoms with E-state index in [1.54, 1.807) is 0 Å². The Kier molecular flexibility index (Phi) is 3.42. The minimum absolute atomic E-state index is 0.686. The predicted octanol–water partition coefficient (Wildman–Crippen LogP) is 4.19. The summed E-state index contributed by atoms with van der Waals surface area (Å²) in [5.41, 5.74) is 1.27. The van der Waals surface area contributed by atoms with Gasteiger partial charge >= 0.3 is 0 Å². The lowest BCUT2D eigenvalue weighted by Crippen LogP contribution is -2.25. The van der Waals surface area contributed by atoms with Crippen molar-refractivity contribution in [1.29, 1.82) is 0 Å². The molecule has 3 nitrogen and oxygen atoms in total. The third-order valence-electron chi connectivity index (χ3n) is 4.63. The average molecular weight is 281 g/mol. The molecular weight excluding hydrogens is 258 g/mol. The van der Waals surface area contributed by atoms with Gasteiger partial charge in [-0.05, 0) is 37.8 Å². The van der Waals surface area contributed by atoms with E-state index < -0.39 is 0 Å². The van der Waals surface area contributed by atoms with Gasteiger partial charge in [0.05, 0.1) is 0 Å². The van der Waals surface area contributed by atoms with Gasteiger partial charge in [0.2, 0.25) is 0 Å². The summed E-state index contributed by atoms with van der Waals surface area (Å²) in [5.74, 6) is 1.17. The standard InChI is InChI=1S/C18H23N3/c1-2-4-13-21(12-3-1)18-16-6-5-7-17(20-14-8-9-14)15(16)10-11-19-18/h5-7,10-11,14,20H,1-4,8-9,12-13H2. The minimum Gasteiger partial charge on any atom is -0.382 e. The SMILES string of the molecule is c1cc(NC2CC2)c2ccnc(N3CCCCCC3)c2c1. The van der Waals surface area contributed by atoms with E-state index in [0.717, 1.165) is 13.1 Å². The van der Waals surface area contributed by atoms with Crippen molar-refractivity contribution in [3.05, 3.63) is 30.5 Å². The molecule has 1 aromatic carbocycles. The molecule has 1 aliphatic heterocycles. The third-order valence-corrected chi connectivity index (χ3v) is 4.63. The third kappa shape index (κ3) is 2.69. The van der Waals surface area contributed by atoms with Gasteiger partial charge < -0.3 is 10.2 Å². The minimum atomic E-state index is 0.686.